The Bertz CT molecular complexity index is 336. The maximum Gasteiger partial charge on any atom is 0.152 e. The molecule has 0 bridgehead atoms. The molecule has 0 aliphatic heterocycles. The van der Waals surface area contributed by atoms with Gasteiger partial charge in [-0.3, -0.25) is 4.79 Å². The standard InChI is InChI=1S/C9H8Cl2O2/c1-5(12)9(11)6-2-3-8(13)7(10)4-6/h2-4,9,13H,1H3. The molecule has 0 amide bonds. The number of ketones is 1. The van der Waals surface area contributed by atoms with E-state index in [4.69, 9.17) is 28.3 Å². The molecule has 1 aromatic carbocycles. The van der Waals surface area contributed by atoms with Gasteiger partial charge >= 0.3 is 0 Å². The van der Waals surface area contributed by atoms with Crippen molar-refractivity contribution < 1.29 is 9.90 Å². The van der Waals surface area contributed by atoms with E-state index in [0.717, 1.165) is 0 Å². The zero-order valence-corrected chi connectivity index (χ0v) is 8.43. The van der Waals surface area contributed by atoms with Gasteiger partial charge in [-0.2, -0.15) is 0 Å². The number of hydrogen-bond donors (Lipinski definition) is 1. The van der Waals surface area contributed by atoms with E-state index in [-0.39, 0.29) is 16.6 Å². The van der Waals surface area contributed by atoms with E-state index in [2.05, 4.69) is 0 Å². The minimum atomic E-state index is -0.696. The summed E-state index contributed by atoms with van der Waals surface area (Å²) in [5, 5.41) is 8.61. The second-order valence-electron chi connectivity index (χ2n) is 2.68. The summed E-state index contributed by atoms with van der Waals surface area (Å²) in [6.07, 6.45) is 0. The third-order valence-corrected chi connectivity index (χ3v) is 2.48. The summed E-state index contributed by atoms with van der Waals surface area (Å²) >= 11 is 11.4. The van der Waals surface area contributed by atoms with Gasteiger partial charge in [-0.25, -0.2) is 0 Å². The van der Waals surface area contributed by atoms with Crippen molar-refractivity contribution in [2.24, 2.45) is 0 Å². The molecule has 0 aromatic heterocycles. The minimum Gasteiger partial charge on any atom is -0.506 e. The Balaban J connectivity index is 3.03. The zero-order chi connectivity index (χ0) is 10.0. The van der Waals surface area contributed by atoms with Crippen molar-refractivity contribution in [1.82, 2.24) is 0 Å². The van der Waals surface area contributed by atoms with Crippen molar-refractivity contribution >= 4 is 29.0 Å². The number of Topliss-reactive ketones (excluding diaryl/α,β-unsaturated/α-hetero) is 1. The van der Waals surface area contributed by atoms with Gasteiger partial charge in [-0.15, -0.1) is 11.6 Å². The lowest BCUT2D eigenvalue weighted by Gasteiger charge is -2.06. The van der Waals surface area contributed by atoms with Crippen molar-refractivity contribution in [2.45, 2.75) is 12.3 Å². The third-order valence-electron chi connectivity index (χ3n) is 1.62. The normalized spacial score (nSPS) is 12.5. The van der Waals surface area contributed by atoms with Crippen LogP contribution in [0.15, 0.2) is 18.2 Å². The predicted molar refractivity (Wildman–Crippen MR) is 52.4 cm³/mol. The predicted octanol–water partition coefficient (Wildman–Crippen LogP) is 2.91. The monoisotopic (exact) mass is 218 g/mol. The summed E-state index contributed by atoms with van der Waals surface area (Å²) in [7, 11) is 0. The van der Waals surface area contributed by atoms with E-state index in [1.54, 1.807) is 6.07 Å². The van der Waals surface area contributed by atoms with Crippen LogP contribution in [0.3, 0.4) is 0 Å². The Kier molecular flexibility index (Phi) is 3.17. The van der Waals surface area contributed by atoms with Crippen molar-refractivity contribution in [3.63, 3.8) is 0 Å². The SMILES string of the molecule is CC(=O)C(Cl)c1ccc(O)c(Cl)c1. The topological polar surface area (TPSA) is 37.3 Å². The molecule has 0 radical (unpaired) electrons. The summed E-state index contributed by atoms with van der Waals surface area (Å²) in [5.41, 5.74) is 0.594. The van der Waals surface area contributed by atoms with Gasteiger partial charge in [0.05, 0.1) is 5.02 Å². The average molecular weight is 219 g/mol. The summed E-state index contributed by atoms with van der Waals surface area (Å²) in [5.74, 6) is -0.166. The molecule has 4 heteroatoms. The molecule has 1 N–H and O–H groups in total. The molecule has 0 spiro atoms. The van der Waals surface area contributed by atoms with Gasteiger partial charge in [0.1, 0.15) is 11.1 Å². The first kappa shape index (κ1) is 10.4. The van der Waals surface area contributed by atoms with Crippen LogP contribution in [0.25, 0.3) is 0 Å². The first-order valence-corrected chi connectivity index (χ1v) is 4.46. The highest BCUT2D eigenvalue weighted by Gasteiger charge is 2.13. The van der Waals surface area contributed by atoms with Crippen LogP contribution in [-0.4, -0.2) is 10.9 Å². The van der Waals surface area contributed by atoms with E-state index in [1.165, 1.54) is 19.1 Å². The number of carbonyl (C=O) groups excluding carboxylic acids is 1. The molecule has 0 heterocycles. The Labute approximate surface area is 86.1 Å². The first-order chi connectivity index (χ1) is 6.02. The fourth-order valence-corrected chi connectivity index (χ4v) is 1.24. The number of halogens is 2. The smallest absolute Gasteiger partial charge is 0.152 e. The van der Waals surface area contributed by atoms with Crippen LogP contribution in [0, 0.1) is 0 Å². The van der Waals surface area contributed by atoms with Crippen LogP contribution in [0.2, 0.25) is 5.02 Å². The van der Waals surface area contributed by atoms with Crippen LogP contribution in [-0.2, 0) is 4.79 Å². The number of rotatable bonds is 2. The highest BCUT2D eigenvalue weighted by molar-refractivity contribution is 6.33. The summed E-state index contributed by atoms with van der Waals surface area (Å²) in [4.78, 5) is 10.9. The number of carbonyl (C=O) groups is 1. The number of aromatic hydroxyl groups is 1. The Morgan fingerprint density at radius 3 is 2.62 bits per heavy atom. The number of alkyl halides is 1. The third kappa shape index (κ3) is 2.36. The maximum absolute atomic E-state index is 10.9. The molecular formula is C9H8Cl2O2. The molecular weight excluding hydrogens is 211 g/mol. The van der Waals surface area contributed by atoms with Gasteiger partial charge in [-0.05, 0) is 24.6 Å². The quantitative estimate of drug-likeness (QED) is 0.776. The van der Waals surface area contributed by atoms with Gasteiger partial charge < -0.3 is 5.11 Å². The number of hydrogen-bond acceptors (Lipinski definition) is 2. The molecule has 0 saturated heterocycles. The molecule has 1 unspecified atom stereocenters. The summed E-state index contributed by atoms with van der Waals surface area (Å²) in [6.45, 7) is 1.40. The highest BCUT2D eigenvalue weighted by atomic mass is 35.5. The number of phenolic OH excluding ortho intramolecular Hbond substituents is 1. The largest absolute Gasteiger partial charge is 0.506 e. The van der Waals surface area contributed by atoms with Gasteiger partial charge in [0.15, 0.2) is 5.78 Å². The van der Waals surface area contributed by atoms with Crippen LogP contribution < -0.4 is 0 Å². The second-order valence-corrected chi connectivity index (χ2v) is 3.53. The maximum atomic E-state index is 10.9. The van der Waals surface area contributed by atoms with Gasteiger partial charge in [0.25, 0.3) is 0 Å². The fourth-order valence-electron chi connectivity index (χ4n) is 0.916. The number of benzene rings is 1. The summed E-state index contributed by atoms with van der Waals surface area (Å²) < 4.78 is 0. The van der Waals surface area contributed by atoms with Crippen LogP contribution in [0.4, 0.5) is 0 Å². The minimum absolute atomic E-state index is 0.0159. The van der Waals surface area contributed by atoms with Crippen LogP contribution in [0.5, 0.6) is 5.75 Å². The Morgan fingerprint density at radius 2 is 2.15 bits per heavy atom. The molecule has 0 fully saturated rings. The van der Waals surface area contributed by atoms with E-state index in [1.807, 2.05) is 0 Å². The lowest BCUT2D eigenvalue weighted by molar-refractivity contribution is -0.116. The zero-order valence-electron chi connectivity index (χ0n) is 6.92. The van der Waals surface area contributed by atoms with Crippen molar-refractivity contribution in [1.29, 1.82) is 0 Å². The van der Waals surface area contributed by atoms with Crippen LogP contribution in [0.1, 0.15) is 17.9 Å². The fraction of sp³-hybridized carbons (Fsp3) is 0.222. The van der Waals surface area contributed by atoms with Crippen molar-refractivity contribution in [3.8, 4) is 5.75 Å². The van der Waals surface area contributed by atoms with Gasteiger partial charge in [0.2, 0.25) is 0 Å². The van der Waals surface area contributed by atoms with E-state index >= 15 is 0 Å². The van der Waals surface area contributed by atoms with Crippen LogP contribution >= 0.6 is 23.2 Å². The molecule has 0 aliphatic rings. The van der Waals surface area contributed by atoms with E-state index in [9.17, 15) is 4.79 Å². The molecule has 0 saturated carbocycles. The van der Waals surface area contributed by atoms with Crippen molar-refractivity contribution in [3.05, 3.63) is 28.8 Å². The molecule has 70 valence electrons. The number of phenols is 1. The van der Waals surface area contributed by atoms with E-state index < -0.39 is 5.38 Å². The van der Waals surface area contributed by atoms with Crippen molar-refractivity contribution in [2.75, 3.05) is 0 Å². The van der Waals surface area contributed by atoms with Gasteiger partial charge in [0, 0.05) is 0 Å². The lowest BCUT2D eigenvalue weighted by Crippen LogP contribution is -2.00. The second kappa shape index (κ2) is 3.99. The Hall–Kier alpha value is -0.730. The molecule has 2 nitrogen and oxygen atoms in total. The summed E-state index contributed by atoms with van der Waals surface area (Å²) in [6, 6.07) is 4.46. The molecule has 1 atom stereocenters. The molecule has 1 aromatic rings. The molecule has 1 rings (SSSR count). The molecule has 0 aliphatic carbocycles. The average Bonchev–Trinajstić information content (AvgIpc) is 2.08. The highest BCUT2D eigenvalue weighted by Crippen LogP contribution is 2.29. The lowest BCUT2D eigenvalue weighted by atomic mass is 10.1. The first-order valence-electron chi connectivity index (χ1n) is 3.65. The van der Waals surface area contributed by atoms with E-state index in [0.29, 0.717) is 5.56 Å². The van der Waals surface area contributed by atoms with Gasteiger partial charge in [-0.1, -0.05) is 17.7 Å². The molecule has 13 heavy (non-hydrogen) atoms. The Morgan fingerprint density at radius 1 is 1.54 bits per heavy atom.